The third-order valence-electron chi connectivity index (χ3n) is 2.13. The monoisotopic (exact) mass is 320 g/mol. The summed E-state index contributed by atoms with van der Waals surface area (Å²) in [5.41, 5.74) is 0. The van der Waals surface area contributed by atoms with Crippen molar-refractivity contribution in [1.29, 1.82) is 0 Å². The van der Waals surface area contributed by atoms with Gasteiger partial charge in [0.25, 0.3) is 0 Å². The van der Waals surface area contributed by atoms with Crippen LogP contribution in [0.25, 0.3) is 0 Å². The highest BCUT2D eigenvalue weighted by atomic mass is 31.2. The van der Waals surface area contributed by atoms with Gasteiger partial charge >= 0.3 is 16.4 Å². The van der Waals surface area contributed by atoms with Crippen molar-refractivity contribution >= 4 is 16.4 Å². The molecular weight excluding hydrogens is 294 g/mol. The van der Waals surface area contributed by atoms with E-state index >= 15 is 0 Å². The summed E-state index contributed by atoms with van der Waals surface area (Å²) in [5.74, 6) is 0.811. The van der Waals surface area contributed by atoms with E-state index in [0.717, 1.165) is 18.8 Å². The maximum atomic E-state index is 8.88. The zero-order valence-electron chi connectivity index (χ0n) is 11.5. The van der Waals surface area contributed by atoms with Crippen LogP contribution in [0, 0.1) is 5.92 Å². The quantitative estimate of drug-likeness (QED) is 0.326. The molecule has 118 valence electrons. The van der Waals surface area contributed by atoms with Crippen LogP contribution in [0.4, 0.5) is 0 Å². The molecular formula is C10H26O7P2. The largest absolute Gasteiger partial charge is 0.466 e. The molecule has 9 heteroatoms. The molecule has 0 fully saturated rings. The number of hydrogen-bond acceptors (Lipinski definition) is 4. The van der Waals surface area contributed by atoms with Crippen LogP contribution in [-0.4, -0.2) is 31.1 Å². The highest BCUT2D eigenvalue weighted by Gasteiger charge is 2.00. The third kappa shape index (κ3) is 38.1. The molecule has 0 amide bonds. The van der Waals surface area contributed by atoms with Crippen molar-refractivity contribution in [2.45, 2.75) is 52.4 Å². The molecule has 0 aromatic heterocycles. The van der Waals surface area contributed by atoms with Gasteiger partial charge in [0.05, 0.1) is 6.61 Å². The van der Waals surface area contributed by atoms with E-state index in [0.29, 0.717) is 6.61 Å². The van der Waals surface area contributed by atoms with Crippen molar-refractivity contribution in [3.05, 3.63) is 0 Å². The lowest BCUT2D eigenvalue weighted by Crippen LogP contribution is -1.90. The van der Waals surface area contributed by atoms with Crippen molar-refractivity contribution in [2.75, 3.05) is 6.61 Å². The van der Waals surface area contributed by atoms with E-state index in [9.17, 15) is 0 Å². The van der Waals surface area contributed by atoms with Gasteiger partial charge in [-0.3, -0.25) is 0 Å². The maximum absolute atomic E-state index is 8.88. The summed E-state index contributed by atoms with van der Waals surface area (Å²) in [4.78, 5) is 38.5. The van der Waals surface area contributed by atoms with Crippen molar-refractivity contribution in [2.24, 2.45) is 5.92 Å². The van der Waals surface area contributed by atoms with Crippen LogP contribution in [0.3, 0.4) is 0 Å². The Kier molecular flexibility index (Phi) is 15.3. The Labute approximate surface area is 115 Å². The molecule has 0 aromatic carbocycles. The minimum absolute atomic E-state index is 0.475. The molecule has 0 aliphatic heterocycles. The Balaban J connectivity index is 0. The number of rotatable bonds is 9. The second kappa shape index (κ2) is 13.4. The minimum Gasteiger partial charge on any atom is -0.328 e. The van der Waals surface area contributed by atoms with Crippen LogP contribution >= 0.6 is 16.4 Å². The van der Waals surface area contributed by atoms with Gasteiger partial charge in [-0.15, -0.1) is 0 Å². The molecule has 7 nitrogen and oxygen atoms in total. The van der Waals surface area contributed by atoms with E-state index in [1.54, 1.807) is 0 Å². The molecule has 0 spiro atoms. The van der Waals surface area contributed by atoms with Crippen molar-refractivity contribution < 1.29 is 33.6 Å². The first-order chi connectivity index (χ1) is 8.63. The zero-order valence-corrected chi connectivity index (χ0v) is 13.3. The lowest BCUT2D eigenvalue weighted by atomic mass is 10.0. The van der Waals surface area contributed by atoms with Crippen LogP contribution in [0.15, 0.2) is 0 Å². The fourth-order valence-corrected chi connectivity index (χ4v) is 1.62. The predicted molar refractivity (Wildman–Crippen MR) is 74.1 cm³/mol. The van der Waals surface area contributed by atoms with Crippen molar-refractivity contribution in [3.8, 4) is 0 Å². The molecule has 0 heterocycles. The van der Waals surface area contributed by atoms with E-state index in [-0.39, 0.29) is 0 Å². The molecule has 0 rings (SSSR count). The van der Waals surface area contributed by atoms with E-state index in [4.69, 9.17) is 29.0 Å². The van der Waals surface area contributed by atoms with Gasteiger partial charge in [0.1, 0.15) is 0 Å². The van der Waals surface area contributed by atoms with E-state index < -0.39 is 16.4 Å². The molecule has 0 saturated heterocycles. The SMILES string of the molecule is CC(C)CCCCCCCOP(O)O.O=P(O)(O)O. The summed E-state index contributed by atoms with van der Waals surface area (Å²) in [6.07, 6.45) is 7.19. The smallest absolute Gasteiger partial charge is 0.328 e. The highest BCUT2D eigenvalue weighted by Crippen LogP contribution is 2.26. The van der Waals surface area contributed by atoms with Crippen molar-refractivity contribution in [3.63, 3.8) is 0 Å². The maximum Gasteiger partial charge on any atom is 0.466 e. The second-order valence-corrected chi connectivity index (χ2v) is 6.34. The van der Waals surface area contributed by atoms with Gasteiger partial charge in [0, 0.05) is 0 Å². The fourth-order valence-electron chi connectivity index (χ4n) is 1.33. The fraction of sp³-hybridized carbons (Fsp3) is 1.00. The van der Waals surface area contributed by atoms with Crippen LogP contribution < -0.4 is 0 Å². The average Bonchev–Trinajstić information content (AvgIpc) is 2.18. The van der Waals surface area contributed by atoms with Gasteiger partial charge in [-0.25, -0.2) is 4.57 Å². The number of unbranched alkanes of at least 4 members (excludes halogenated alkanes) is 4. The topological polar surface area (TPSA) is 127 Å². The van der Waals surface area contributed by atoms with E-state index in [1.807, 2.05) is 0 Å². The molecule has 0 saturated carbocycles. The molecule has 0 unspecified atom stereocenters. The molecule has 0 aliphatic rings. The third-order valence-corrected chi connectivity index (χ3v) is 2.55. The molecule has 0 radical (unpaired) electrons. The van der Waals surface area contributed by atoms with Crippen molar-refractivity contribution in [1.82, 2.24) is 0 Å². The Morgan fingerprint density at radius 1 is 1.00 bits per heavy atom. The molecule has 0 aliphatic carbocycles. The molecule has 0 atom stereocenters. The molecule has 5 N–H and O–H groups in total. The Morgan fingerprint density at radius 3 is 1.84 bits per heavy atom. The normalized spacial score (nSPS) is 11.6. The van der Waals surface area contributed by atoms with E-state index in [1.165, 1.54) is 25.7 Å². The highest BCUT2D eigenvalue weighted by molar-refractivity contribution is 7.45. The zero-order chi connectivity index (χ0) is 15.3. The second-order valence-electron chi connectivity index (χ2n) is 4.55. The van der Waals surface area contributed by atoms with Gasteiger partial charge in [0.15, 0.2) is 0 Å². The lowest BCUT2D eigenvalue weighted by Gasteiger charge is -2.05. The summed E-state index contributed by atoms with van der Waals surface area (Å²) < 4.78 is 13.5. The standard InChI is InChI=1S/C10H23O3P.H3O4P/c1-10(2)8-6-4-3-5-7-9-13-14(11)12;1-5(2,3)4/h10-12H,3-9H2,1-2H3;(H3,1,2,3,4). The van der Waals surface area contributed by atoms with Gasteiger partial charge in [0.2, 0.25) is 0 Å². The van der Waals surface area contributed by atoms with Gasteiger partial charge in [-0.05, 0) is 12.3 Å². The van der Waals surface area contributed by atoms with Crippen LogP contribution in [0.5, 0.6) is 0 Å². The van der Waals surface area contributed by atoms with Gasteiger partial charge < -0.3 is 29.0 Å². The molecule has 0 aromatic rings. The summed E-state index contributed by atoms with van der Waals surface area (Å²) in [6, 6.07) is 0. The first-order valence-electron chi connectivity index (χ1n) is 6.22. The Bertz CT molecular complexity index is 208. The number of hydrogen-bond donors (Lipinski definition) is 5. The van der Waals surface area contributed by atoms with Gasteiger partial charge in [-0.1, -0.05) is 46.0 Å². The molecule has 0 bridgehead atoms. The minimum atomic E-state index is -4.64. The summed E-state index contributed by atoms with van der Waals surface area (Å²) in [7, 11) is -6.78. The molecule has 19 heavy (non-hydrogen) atoms. The first-order valence-corrected chi connectivity index (χ1v) is 8.95. The van der Waals surface area contributed by atoms with Gasteiger partial charge in [-0.2, -0.15) is 0 Å². The van der Waals surface area contributed by atoms with Crippen LogP contribution in [0.1, 0.15) is 52.4 Å². The summed E-state index contributed by atoms with van der Waals surface area (Å²) in [5, 5.41) is 0. The Morgan fingerprint density at radius 2 is 1.42 bits per heavy atom. The van der Waals surface area contributed by atoms with Crippen LogP contribution in [0.2, 0.25) is 0 Å². The van der Waals surface area contributed by atoms with E-state index in [2.05, 4.69) is 18.4 Å². The lowest BCUT2D eigenvalue weighted by molar-refractivity contribution is 0.248. The summed E-state index contributed by atoms with van der Waals surface area (Å²) in [6.45, 7) is 4.97. The average molecular weight is 320 g/mol. The van der Waals surface area contributed by atoms with Crippen LogP contribution in [-0.2, 0) is 9.09 Å². The Hall–Kier alpha value is 0.420. The predicted octanol–water partition coefficient (Wildman–Crippen LogP) is 2.28. The first kappa shape index (κ1) is 21.7. The summed E-state index contributed by atoms with van der Waals surface area (Å²) >= 11 is 0. The number of phosphoric acid groups is 1.